The van der Waals surface area contributed by atoms with E-state index in [1.165, 1.54) is 12.1 Å². The fourth-order valence-electron chi connectivity index (χ4n) is 0.940. The number of methoxy groups -OCH3 is 1. The van der Waals surface area contributed by atoms with E-state index >= 15 is 0 Å². The Morgan fingerprint density at radius 3 is 2.92 bits per heavy atom. The molecular weight excluding hydrogens is 159 g/mol. The lowest BCUT2D eigenvalue weighted by Gasteiger charge is -2.00. The van der Waals surface area contributed by atoms with Crippen LogP contribution in [0.5, 0.6) is 0 Å². The van der Waals surface area contributed by atoms with Crippen LogP contribution >= 0.6 is 0 Å². The summed E-state index contributed by atoms with van der Waals surface area (Å²) in [6.45, 7) is 0.390. The van der Waals surface area contributed by atoms with E-state index in [1.54, 1.807) is 13.2 Å². The van der Waals surface area contributed by atoms with Gasteiger partial charge in [-0.15, -0.1) is 0 Å². The van der Waals surface area contributed by atoms with Gasteiger partial charge in [0.25, 0.3) is 0 Å². The number of ether oxygens (including phenoxy) is 1. The highest BCUT2D eigenvalue weighted by Gasteiger charge is 2.01. The third-order valence-corrected chi connectivity index (χ3v) is 1.50. The summed E-state index contributed by atoms with van der Waals surface area (Å²) < 4.78 is 17.6. The summed E-state index contributed by atoms with van der Waals surface area (Å²) in [4.78, 5) is 10.3. The van der Waals surface area contributed by atoms with Crippen LogP contribution in [0, 0.1) is 5.82 Å². The number of hydrogen-bond donors (Lipinski definition) is 0. The average molecular weight is 168 g/mol. The van der Waals surface area contributed by atoms with Crippen LogP contribution in [0.1, 0.15) is 15.9 Å². The summed E-state index contributed by atoms with van der Waals surface area (Å²) in [5.74, 6) is -0.496. The van der Waals surface area contributed by atoms with E-state index in [1.807, 2.05) is 0 Å². The van der Waals surface area contributed by atoms with E-state index in [9.17, 15) is 9.18 Å². The van der Waals surface area contributed by atoms with Crippen molar-refractivity contribution in [2.45, 2.75) is 6.61 Å². The monoisotopic (exact) mass is 168 g/mol. The second-order valence-electron chi connectivity index (χ2n) is 2.41. The van der Waals surface area contributed by atoms with Crippen LogP contribution in [-0.4, -0.2) is 13.4 Å². The van der Waals surface area contributed by atoms with Gasteiger partial charge in [-0.25, -0.2) is 4.39 Å². The van der Waals surface area contributed by atoms with Crippen molar-refractivity contribution < 1.29 is 13.9 Å². The Balaban J connectivity index is 2.96. The molecule has 0 aliphatic heterocycles. The molecule has 64 valence electrons. The van der Waals surface area contributed by atoms with Crippen LogP contribution in [0.4, 0.5) is 4.39 Å². The first kappa shape index (κ1) is 8.87. The number of carbonyl (C=O) groups excluding carboxylic acids is 1. The minimum atomic E-state index is -0.496. The van der Waals surface area contributed by atoms with Gasteiger partial charge in [0, 0.05) is 7.11 Å². The van der Waals surface area contributed by atoms with Crippen molar-refractivity contribution in [2.24, 2.45) is 0 Å². The fourth-order valence-corrected chi connectivity index (χ4v) is 0.940. The molecule has 0 heterocycles. The second-order valence-corrected chi connectivity index (χ2v) is 2.41. The Kier molecular flexibility index (Phi) is 2.94. The zero-order chi connectivity index (χ0) is 8.97. The van der Waals surface area contributed by atoms with Crippen LogP contribution < -0.4 is 0 Å². The zero-order valence-corrected chi connectivity index (χ0v) is 6.71. The van der Waals surface area contributed by atoms with Crippen LogP contribution in [0.25, 0.3) is 0 Å². The Labute approximate surface area is 70.0 Å². The molecule has 0 spiro atoms. The smallest absolute Gasteiger partial charge is 0.153 e. The maximum atomic E-state index is 12.7. The molecule has 0 bridgehead atoms. The third-order valence-electron chi connectivity index (χ3n) is 1.50. The summed E-state index contributed by atoms with van der Waals surface area (Å²) in [6, 6.07) is 4.33. The molecule has 0 saturated heterocycles. The summed E-state index contributed by atoms with van der Waals surface area (Å²) >= 11 is 0. The quantitative estimate of drug-likeness (QED) is 0.643. The highest BCUT2D eigenvalue weighted by Crippen LogP contribution is 2.08. The predicted octanol–water partition coefficient (Wildman–Crippen LogP) is 1.78. The van der Waals surface area contributed by atoms with Crippen molar-refractivity contribution >= 4 is 6.29 Å². The first-order valence-electron chi connectivity index (χ1n) is 3.50. The lowest BCUT2D eigenvalue weighted by atomic mass is 10.1. The zero-order valence-electron chi connectivity index (χ0n) is 6.71. The second kappa shape index (κ2) is 3.97. The topological polar surface area (TPSA) is 26.3 Å². The molecule has 0 aliphatic carbocycles. The molecule has 0 fully saturated rings. The average Bonchev–Trinajstić information content (AvgIpc) is 2.09. The Hall–Kier alpha value is -1.22. The molecule has 0 saturated carbocycles. The lowest BCUT2D eigenvalue weighted by Crippen LogP contribution is -1.92. The van der Waals surface area contributed by atoms with Gasteiger partial charge in [-0.2, -0.15) is 0 Å². The Morgan fingerprint density at radius 1 is 1.58 bits per heavy atom. The van der Waals surface area contributed by atoms with Gasteiger partial charge in [0.05, 0.1) is 12.2 Å². The number of carbonyl (C=O) groups is 1. The van der Waals surface area contributed by atoms with Crippen molar-refractivity contribution in [1.29, 1.82) is 0 Å². The maximum Gasteiger partial charge on any atom is 0.153 e. The van der Waals surface area contributed by atoms with Crippen molar-refractivity contribution in [3.63, 3.8) is 0 Å². The molecule has 0 N–H and O–H groups in total. The maximum absolute atomic E-state index is 12.7. The van der Waals surface area contributed by atoms with Gasteiger partial charge in [-0.1, -0.05) is 6.07 Å². The minimum absolute atomic E-state index is 0.0737. The minimum Gasteiger partial charge on any atom is -0.380 e. The van der Waals surface area contributed by atoms with Crippen LogP contribution in [-0.2, 0) is 11.3 Å². The molecule has 0 atom stereocenters. The summed E-state index contributed by atoms with van der Waals surface area (Å²) in [5, 5.41) is 0. The number of benzene rings is 1. The molecule has 3 heteroatoms. The van der Waals surface area contributed by atoms with E-state index in [0.717, 1.165) is 5.56 Å². The molecule has 0 aliphatic rings. The summed E-state index contributed by atoms with van der Waals surface area (Å²) in [5.41, 5.74) is 0.866. The molecule has 0 amide bonds. The first-order chi connectivity index (χ1) is 5.77. The van der Waals surface area contributed by atoms with Crippen molar-refractivity contribution in [2.75, 3.05) is 7.11 Å². The van der Waals surface area contributed by atoms with E-state index < -0.39 is 5.82 Å². The number of hydrogen-bond acceptors (Lipinski definition) is 2. The molecule has 1 aromatic rings. The van der Waals surface area contributed by atoms with E-state index in [0.29, 0.717) is 12.9 Å². The summed E-state index contributed by atoms with van der Waals surface area (Å²) in [7, 11) is 1.55. The van der Waals surface area contributed by atoms with E-state index in [-0.39, 0.29) is 5.56 Å². The molecule has 12 heavy (non-hydrogen) atoms. The van der Waals surface area contributed by atoms with Crippen molar-refractivity contribution in [1.82, 2.24) is 0 Å². The van der Waals surface area contributed by atoms with Gasteiger partial charge >= 0.3 is 0 Å². The van der Waals surface area contributed by atoms with Gasteiger partial charge in [0.15, 0.2) is 6.29 Å². The van der Waals surface area contributed by atoms with Crippen LogP contribution in [0.3, 0.4) is 0 Å². The van der Waals surface area contributed by atoms with Crippen LogP contribution in [0.2, 0.25) is 0 Å². The molecule has 0 unspecified atom stereocenters. The lowest BCUT2D eigenvalue weighted by molar-refractivity contribution is 0.111. The van der Waals surface area contributed by atoms with E-state index in [4.69, 9.17) is 4.74 Å². The van der Waals surface area contributed by atoms with Gasteiger partial charge < -0.3 is 4.74 Å². The van der Waals surface area contributed by atoms with Gasteiger partial charge in [-0.3, -0.25) is 4.79 Å². The summed E-state index contributed by atoms with van der Waals surface area (Å²) in [6.07, 6.45) is 0.495. The normalized spacial score (nSPS) is 9.83. The number of aldehydes is 1. The van der Waals surface area contributed by atoms with E-state index in [2.05, 4.69) is 0 Å². The van der Waals surface area contributed by atoms with Gasteiger partial charge in [0.1, 0.15) is 5.82 Å². The predicted molar refractivity (Wildman–Crippen MR) is 42.5 cm³/mol. The molecule has 0 radical (unpaired) electrons. The number of rotatable bonds is 3. The van der Waals surface area contributed by atoms with Gasteiger partial charge in [-0.05, 0) is 17.7 Å². The SMILES string of the molecule is COCc1ccc(F)c(C=O)c1. The highest BCUT2D eigenvalue weighted by atomic mass is 19.1. The Bertz CT molecular complexity index is 284. The molecule has 1 rings (SSSR count). The molecular formula is C9H9FO2. The largest absolute Gasteiger partial charge is 0.380 e. The fraction of sp³-hybridized carbons (Fsp3) is 0.222. The van der Waals surface area contributed by atoms with Gasteiger partial charge in [0.2, 0.25) is 0 Å². The molecule has 0 aromatic heterocycles. The highest BCUT2D eigenvalue weighted by molar-refractivity contribution is 5.75. The third kappa shape index (κ3) is 1.89. The molecule has 2 nitrogen and oxygen atoms in total. The first-order valence-corrected chi connectivity index (χ1v) is 3.50. The van der Waals surface area contributed by atoms with Crippen molar-refractivity contribution in [3.05, 3.63) is 35.1 Å². The Morgan fingerprint density at radius 2 is 2.33 bits per heavy atom. The van der Waals surface area contributed by atoms with Crippen LogP contribution in [0.15, 0.2) is 18.2 Å². The number of halogens is 1. The van der Waals surface area contributed by atoms with Crippen molar-refractivity contribution in [3.8, 4) is 0 Å². The standard InChI is InChI=1S/C9H9FO2/c1-12-6-7-2-3-9(10)8(4-7)5-11/h2-5H,6H2,1H3. The molecule has 1 aromatic carbocycles.